The van der Waals surface area contributed by atoms with Gasteiger partial charge >= 0.3 is 0 Å². The van der Waals surface area contributed by atoms with Gasteiger partial charge in [-0.1, -0.05) is 0 Å². The number of carbonyl (C=O) groups is 1. The van der Waals surface area contributed by atoms with Gasteiger partial charge in [-0.05, 0) is 27.7 Å². The molecular formula is C10H17N3O3-. The fourth-order valence-electron chi connectivity index (χ4n) is 3.38. The summed E-state index contributed by atoms with van der Waals surface area (Å²) in [6.45, 7) is 6.98. The van der Waals surface area contributed by atoms with E-state index in [9.17, 15) is 15.2 Å². The highest BCUT2D eigenvalue weighted by Crippen LogP contribution is 2.54. The number of fused-ring (bicyclic) bond motifs is 1. The number of nitrogens with zero attached hydrogens (tertiary/aromatic N) is 2. The second-order valence-corrected chi connectivity index (χ2v) is 5.78. The van der Waals surface area contributed by atoms with E-state index in [1.807, 2.05) is 0 Å². The van der Waals surface area contributed by atoms with Crippen LogP contribution in [0.5, 0.6) is 0 Å². The molecule has 0 spiro atoms. The zero-order valence-corrected chi connectivity index (χ0v) is 9.93. The lowest BCUT2D eigenvalue weighted by Gasteiger charge is -2.60. The molecule has 2 aliphatic rings. The third-order valence-electron chi connectivity index (χ3n) is 4.11. The Labute approximate surface area is 94.5 Å². The van der Waals surface area contributed by atoms with Crippen LogP contribution >= 0.6 is 0 Å². The summed E-state index contributed by atoms with van der Waals surface area (Å²) >= 11 is 0. The van der Waals surface area contributed by atoms with Crippen LogP contribution in [0.2, 0.25) is 0 Å². The molecule has 0 aromatic carbocycles. The van der Waals surface area contributed by atoms with Crippen LogP contribution in [0.4, 0.5) is 0 Å². The fourth-order valence-corrected chi connectivity index (χ4v) is 3.38. The average Bonchev–Trinajstić information content (AvgIpc) is 2.20. The van der Waals surface area contributed by atoms with Gasteiger partial charge in [-0.15, -0.1) is 10.3 Å². The van der Waals surface area contributed by atoms with E-state index >= 15 is 0 Å². The minimum absolute atomic E-state index is 0.282. The summed E-state index contributed by atoms with van der Waals surface area (Å²) in [5.74, 6) is -0.926. The maximum atomic E-state index is 12.1. The molecule has 91 valence electrons. The molecule has 0 saturated carbocycles. The van der Waals surface area contributed by atoms with Gasteiger partial charge in [0.25, 0.3) is 0 Å². The van der Waals surface area contributed by atoms with E-state index in [0.717, 1.165) is 5.06 Å². The van der Waals surface area contributed by atoms with Crippen molar-refractivity contribution in [3.63, 3.8) is 0 Å². The standard InChI is InChI=1S/C10H17N3O3/c1-9(2)5-6(8(11)14)12(15)7(5)10(3,4)13(9)16/h5-7H,1-4H3,(H2,11,14)/q-1. The van der Waals surface area contributed by atoms with Crippen molar-refractivity contribution in [1.29, 1.82) is 0 Å². The SMILES string of the molecule is CC1(C)C2C(C(N)=O)N([O-])C2C(C)(C)N1[O]. The molecule has 1 amide bonds. The molecular weight excluding hydrogens is 210 g/mol. The summed E-state index contributed by atoms with van der Waals surface area (Å²) in [5.41, 5.74) is 3.69. The zero-order chi connectivity index (χ0) is 12.5. The lowest BCUT2D eigenvalue weighted by molar-refractivity contribution is -0.247. The Morgan fingerprint density at radius 3 is 2.19 bits per heavy atom. The topological polar surface area (TPSA) is 92.5 Å². The Kier molecular flexibility index (Phi) is 2.17. The Balaban J connectivity index is 2.41. The summed E-state index contributed by atoms with van der Waals surface area (Å²) in [6, 6.07) is -1.31. The zero-order valence-electron chi connectivity index (χ0n) is 9.93. The molecule has 2 fully saturated rings. The number of hydrogen-bond donors (Lipinski definition) is 1. The van der Waals surface area contributed by atoms with Crippen LogP contribution < -0.4 is 5.73 Å². The first-order valence-corrected chi connectivity index (χ1v) is 5.35. The van der Waals surface area contributed by atoms with E-state index in [-0.39, 0.29) is 5.92 Å². The maximum absolute atomic E-state index is 12.1. The van der Waals surface area contributed by atoms with Crippen LogP contribution in [-0.4, -0.2) is 39.2 Å². The van der Waals surface area contributed by atoms with Crippen LogP contribution in [0.3, 0.4) is 0 Å². The van der Waals surface area contributed by atoms with Crippen LogP contribution in [0, 0.1) is 11.1 Å². The van der Waals surface area contributed by atoms with Crippen molar-refractivity contribution < 1.29 is 10.0 Å². The van der Waals surface area contributed by atoms with E-state index < -0.39 is 29.1 Å². The third-order valence-corrected chi connectivity index (χ3v) is 4.11. The van der Waals surface area contributed by atoms with Gasteiger partial charge in [-0.3, -0.25) is 4.79 Å². The monoisotopic (exact) mass is 227 g/mol. The van der Waals surface area contributed by atoms with Gasteiger partial charge < -0.3 is 16.0 Å². The van der Waals surface area contributed by atoms with Gasteiger partial charge in [0.2, 0.25) is 5.91 Å². The molecule has 0 bridgehead atoms. The normalized spacial score (nSPS) is 41.5. The van der Waals surface area contributed by atoms with Crippen LogP contribution in [0.15, 0.2) is 0 Å². The molecule has 6 nitrogen and oxygen atoms in total. The number of hydroxylamine groups is 4. The largest absolute Gasteiger partial charge is 0.784 e. The molecule has 1 radical (unpaired) electrons. The number of hydrogen-bond acceptors (Lipinski definition) is 4. The highest BCUT2D eigenvalue weighted by molar-refractivity contribution is 5.82. The maximum Gasteiger partial charge on any atom is 0.234 e. The first-order valence-electron chi connectivity index (χ1n) is 5.35. The molecule has 0 aliphatic carbocycles. The predicted molar refractivity (Wildman–Crippen MR) is 56.1 cm³/mol. The number of nitrogens with two attached hydrogens (primary N) is 1. The van der Waals surface area contributed by atoms with Gasteiger partial charge in [0.1, 0.15) is 0 Å². The van der Waals surface area contributed by atoms with Crippen molar-refractivity contribution in [2.45, 2.75) is 50.9 Å². The van der Waals surface area contributed by atoms with Gasteiger partial charge in [-0.2, -0.15) is 0 Å². The molecule has 2 rings (SSSR count). The Morgan fingerprint density at radius 1 is 1.25 bits per heavy atom. The molecule has 2 aliphatic heterocycles. The van der Waals surface area contributed by atoms with Crippen molar-refractivity contribution in [3.8, 4) is 0 Å². The second kappa shape index (κ2) is 2.95. The summed E-state index contributed by atoms with van der Waals surface area (Å²) < 4.78 is 0. The van der Waals surface area contributed by atoms with Gasteiger partial charge in [0, 0.05) is 12.0 Å². The van der Waals surface area contributed by atoms with Crippen LogP contribution in [0.25, 0.3) is 0 Å². The Morgan fingerprint density at radius 2 is 1.75 bits per heavy atom. The summed E-state index contributed by atoms with van der Waals surface area (Å²) in [6.07, 6.45) is 0. The second-order valence-electron chi connectivity index (χ2n) is 5.78. The fraction of sp³-hybridized carbons (Fsp3) is 0.900. The van der Waals surface area contributed by atoms with Gasteiger partial charge in [0.05, 0.1) is 17.1 Å². The van der Waals surface area contributed by atoms with E-state index in [0.29, 0.717) is 5.06 Å². The van der Waals surface area contributed by atoms with Gasteiger partial charge in [0.15, 0.2) is 0 Å². The number of primary amides is 1. The highest BCUT2D eigenvalue weighted by atomic mass is 16.5. The van der Waals surface area contributed by atoms with E-state index in [2.05, 4.69) is 0 Å². The Hall–Kier alpha value is -0.690. The molecule has 3 atom stereocenters. The minimum Gasteiger partial charge on any atom is -0.784 e. The van der Waals surface area contributed by atoms with Crippen LogP contribution in [0.1, 0.15) is 27.7 Å². The minimum atomic E-state index is -0.863. The molecule has 2 N–H and O–H groups in total. The molecule has 0 aromatic rings. The molecule has 2 heterocycles. The van der Waals surface area contributed by atoms with E-state index in [1.165, 1.54) is 0 Å². The summed E-state index contributed by atoms with van der Waals surface area (Å²) in [7, 11) is 0. The summed E-state index contributed by atoms with van der Waals surface area (Å²) in [5, 5.41) is 25.5. The Bertz CT molecular complexity index is 342. The van der Waals surface area contributed by atoms with Crippen LogP contribution in [-0.2, 0) is 10.0 Å². The smallest absolute Gasteiger partial charge is 0.234 e. The first kappa shape index (κ1) is 11.8. The third kappa shape index (κ3) is 1.08. The van der Waals surface area contributed by atoms with E-state index in [4.69, 9.17) is 5.73 Å². The van der Waals surface area contributed by atoms with Crippen molar-refractivity contribution in [2.75, 3.05) is 0 Å². The molecule has 16 heavy (non-hydrogen) atoms. The molecule has 3 unspecified atom stereocenters. The average molecular weight is 227 g/mol. The quantitative estimate of drug-likeness (QED) is 0.674. The van der Waals surface area contributed by atoms with Crippen molar-refractivity contribution in [2.24, 2.45) is 11.7 Å². The molecule has 0 aromatic heterocycles. The highest BCUT2D eigenvalue weighted by Gasteiger charge is 2.69. The van der Waals surface area contributed by atoms with Crippen molar-refractivity contribution >= 4 is 5.91 Å². The van der Waals surface area contributed by atoms with Gasteiger partial charge in [-0.25, -0.2) is 0 Å². The lowest BCUT2D eigenvalue weighted by atomic mass is 9.70. The number of rotatable bonds is 1. The van der Waals surface area contributed by atoms with Crippen molar-refractivity contribution in [1.82, 2.24) is 10.1 Å². The lowest BCUT2D eigenvalue weighted by Crippen LogP contribution is -2.71. The number of amides is 1. The number of carbonyl (C=O) groups excluding carboxylic acids is 1. The van der Waals surface area contributed by atoms with E-state index in [1.54, 1.807) is 27.7 Å². The van der Waals surface area contributed by atoms with Crippen molar-refractivity contribution in [3.05, 3.63) is 5.21 Å². The molecule has 6 heteroatoms. The predicted octanol–water partition coefficient (Wildman–Crippen LogP) is -0.143. The summed E-state index contributed by atoms with van der Waals surface area (Å²) in [4.78, 5) is 11.2. The first-order chi connectivity index (χ1) is 7.13. The molecule has 2 saturated heterocycles.